The van der Waals surface area contributed by atoms with E-state index in [2.05, 4.69) is 5.10 Å². The predicted octanol–water partition coefficient (Wildman–Crippen LogP) is 2.05. The van der Waals surface area contributed by atoms with Crippen molar-refractivity contribution in [1.29, 1.82) is 0 Å². The van der Waals surface area contributed by atoms with E-state index in [1.54, 1.807) is 18.5 Å². The third kappa shape index (κ3) is 2.01. The Morgan fingerprint density at radius 3 is 2.41 bits per heavy atom. The van der Waals surface area contributed by atoms with E-state index in [1.807, 2.05) is 0 Å². The summed E-state index contributed by atoms with van der Waals surface area (Å²) in [5, 5.41) is 12.3. The molecule has 6 heteroatoms. The van der Waals surface area contributed by atoms with Gasteiger partial charge < -0.3 is 5.11 Å². The summed E-state index contributed by atoms with van der Waals surface area (Å²) in [7, 11) is 0. The molecule has 1 heterocycles. The molecule has 1 aromatic carbocycles. The number of carboxylic acid groups (broad SMARTS) is 1. The second-order valence-electron chi connectivity index (χ2n) is 3.38. The number of carbonyl (C=O) groups is 1. The molecule has 2 rings (SSSR count). The number of aromatic nitrogens is 2. The van der Waals surface area contributed by atoms with Crippen LogP contribution in [0, 0.1) is 0 Å². The van der Waals surface area contributed by atoms with E-state index >= 15 is 0 Å². The lowest BCUT2D eigenvalue weighted by Crippen LogP contribution is -2.25. The fourth-order valence-corrected chi connectivity index (χ4v) is 1.37. The summed E-state index contributed by atoms with van der Waals surface area (Å²) < 4.78 is 27.8. The van der Waals surface area contributed by atoms with Gasteiger partial charge >= 0.3 is 11.9 Å². The maximum absolute atomic E-state index is 13.1. The van der Waals surface area contributed by atoms with Gasteiger partial charge in [-0.15, -0.1) is 0 Å². The molecule has 0 atom stereocenters. The highest BCUT2D eigenvalue weighted by Gasteiger charge is 2.40. The Kier molecular flexibility index (Phi) is 2.63. The van der Waals surface area contributed by atoms with Crippen LogP contribution in [0.1, 0.15) is 5.56 Å². The normalized spacial score (nSPS) is 11.4. The number of hydrogen-bond donors (Lipinski definition) is 1. The third-order valence-corrected chi connectivity index (χ3v) is 2.27. The van der Waals surface area contributed by atoms with Gasteiger partial charge in [0.05, 0.1) is 5.69 Å². The molecular weight excluding hydrogens is 230 g/mol. The van der Waals surface area contributed by atoms with Crippen LogP contribution in [-0.2, 0) is 10.7 Å². The highest BCUT2D eigenvalue weighted by molar-refractivity contribution is 5.77. The van der Waals surface area contributed by atoms with Gasteiger partial charge in [0.15, 0.2) is 0 Å². The third-order valence-electron chi connectivity index (χ3n) is 2.27. The molecule has 0 fully saturated rings. The molecule has 0 radical (unpaired) electrons. The second-order valence-corrected chi connectivity index (χ2v) is 3.38. The van der Waals surface area contributed by atoms with E-state index in [9.17, 15) is 13.6 Å². The van der Waals surface area contributed by atoms with Crippen molar-refractivity contribution in [2.24, 2.45) is 0 Å². The first-order chi connectivity index (χ1) is 8.01. The predicted molar refractivity (Wildman–Crippen MR) is 55.1 cm³/mol. The molecule has 0 spiro atoms. The van der Waals surface area contributed by atoms with Gasteiger partial charge in [-0.05, 0) is 18.2 Å². The largest absolute Gasteiger partial charge is 0.477 e. The van der Waals surface area contributed by atoms with E-state index in [1.165, 1.54) is 16.8 Å². The van der Waals surface area contributed by atoms with E-state index in [4.69, 9.17) is 5.11 Å². The molecule has 0 saturated heterocycles. The van der Waals surface area contributed by atoms with Crippen LogP contribution >= 0.6 is 0 Å². The maximum atomic E-state index is 13.1. The first-order valence-electron chi connectivity index (χ1n) is 4.73. The average molecular weight is 238 g/mol. The maximum Gasteiger partial charge on any atom is 0.379 e. The lowest BCUT2D eigenvalue weighted by molar-refractivity contribution is -0.166. The van der Waals surface area contributed by atoms with Crippen molar-refractivity contribution in [3.8, 4) is 5.69 Å². The molecule has 0 aliphatic rings. The zero-order chi connectivity index (χ0) is 12.5. The number of carboxylic acids is 1. The Hall–Kier alpha value is -2.24. The van der Waals surface area contributed by atoms with Crippen molar-refractivity contribution < 1.29 is 18.7 Å². The summed E-state index contributed by atoms with van der Waals surface area (Å²) in [6.07, 6.45) is 3.21. The summed E-state index contributed by atoms with van der Waals surface area (Å²) >= 11 is 0. The highest BCUT2D eigenvalue weighted by Crippen LogP contribution is 2.28. The van der Waals surface area contributed by atoms with Crippen molar-refractivity contribution in [1.82, 2.24) is 9.78 Å². The van der Waals surface area contributed by atoms with Crippen molar-refractivity contribution in [2.45, 2.75) is 5.92 Å². The van der Waals surface area contributed by atoms with Crippen LogP contribution in [0.2, 0.25) is 0 Å². The molecular formula is C11H8F2N2O2. The molecule has 4 nitrogen and oxygen atoms in total. The monoisotopic (exact) mass is 238 g/mol. The number of aliphatic carboxylic acids is 1. The van der Waals surface area contributed by atoms with Crippen LogP contribution in [-0.4, -0.2) is 20.9 Å². The Labute approximate surface area is 95.1 Å². The van der Waals surface area contributed by atoms with E-state index < -0.39 is 17.5 Å². The van der Waals surface area contributed by atoms with Crippen LogP contribution < -0.4 is 0 Å². The minimum Gasteiger partial charge on any atom is -0.477 e. The molecule has 2 aromatic rings. The van der Waals surface area contributed by atoms with Gasteiger partial charge in [0, 0.05) is 18.0 Å². The van der Waals surface area contributed by atoms with Crippen molar-refractivity contribution in [3.63, 3.8) is 0 Å². The van der Waals surface area contributed by atoms with Crippen LogP contribution in [0.5, 0.6) is 0 Å². The van der Waals surface area contributed by atoms with Crippen LogP contribution in [0.15, 0.2) is 42.7 Å². The van der Waals surface area contributed by atoms with E-state index in [-0.39, 0.29) is 0 Å². The molecule has 17 heavy (non-hydrogen) atoms. The quantitative estimate of drug-likeness (QED) is 0.890. The number of rotatable bonds is 3. The number of halogens is 2. The topological polar surface area (TPSA) is 55.1 Å². The Morgan fingerprint density at radius 1 is 1.29 bits per heavy atom. The Bertz CT molecular complexity index is 521. The van der Waals surface area contributed by atoms with Gasteiger partial charge in [-0.3, -0.25) is 0 Å². The lowest BCUT2D eigenvalue weighted by atomic mass is 10.1. The van der Waals surface area contributed by atoms with Gasteiger partial charge in [-0.2, -0.15) is 13.9 Å². The number of nitrogens with zero attached hydrogens (tertiary/aromatic N) is 2. The molecule has 0 aliphatic heterocycles. The van der Waals surface area contributed by atoms with Gasteiger partial charge in [0.1, 0.15) is 0 Å². The Balaban J connectivity index is 2.34. The summed E-state index contributed by atoms with van der Waals surface area (Å²) in [5.74, 6) is -6.04. The molecule has 0 unspecified atom stereocenters. The molecule has 0 amide bonds. The summed E-state index contributed by atoms with van der Waals surface area (Å²) in [5.41, 5.74) is 0.0286. The first-order valence-corrected chi connectivity index (χ1v) is 4.73. The van der Waals surface area contributed by atoms with Crippen molar-refractivity contribution in [2.75, 3.05) is 0 Å². The van der Waals surface area contributed by atoms with Crippen molar-refractivity contribution >= 4 is 5.97 Å². The smallest absolute Gasteiger partial charge is 0.379 e. The zero-order valence-corrected chi connectivity index (χ0v) is 8.55. The summed E-state index contributed by atoms with van der Waals surface area (Å²) in [6.45, 7) is 0. The standard InChI is InChI=1S/C11H8F2N2O2/c12-11(13,10(16)17)8-2-4-9(5-3-8)15-7-1-6-14-15/h1-7H,(H,16,17). The lowest BCUT2D eigenvalue weighted by Gasteiger charge is -2.11. The molecule has 1 N–H and O–H groups in total. The summed E-state index contributed by atoms with van der Waals surface area (Å²) in [4.78, 5) is 10.4. The highest BCUT2D eigenvalue weighted by atomic mass is 19.3. The Morgan fingerprint density at radius 2 is 1.94 bits per heavy atom. The minimum absolute atomic E-state index is 0.555. The zero-order valence-electron chi connectivity index (χ0n) is 8.55. The van der Waals surface area contributed by atoms with E-state index in [0.29, 0.717) is 5.69 Å². The van der Waals surface area contributed by atoms with Crippen LogP contribution in [0.25, 0.3) is 5.69 Å². The number of benzene rings is 1. The van der Waals surface area contributed by atoms with E-state index in [0.717, 1.165) is 12.1 Å². The minimum atomic E-state index is -3.87. The second kappa shape index (κ2) is 3.97. The number of hydrogen-bond acceptors (Lipinski definition) is 2. The van der Waals surface area contributed by atoms with Crippen LogP contribution in [0.4, 0.5) is 8.78 Å². The van der Waals surface area contributed by atoms with Gasteiger partial charge in [-0.25, -0.2) is 9.48 Å². The average Bonchev–Trinajstić information content (AvgIpc) is 2.82. The van der Waals surface area contributed by atoms with Gasteiger partial charge in [-0.1, -0.05) is 12.1 Å². The first kappa shape index (κ1) is 11.3. The van der Waals surface area contributed by atoms with Crippen molar-refractivity contribution in [3.05, 3.63) is 48.3 Å². The number of alkyl halides is 2. The van der Waals surface area contributed by atoms with Gasteiger partial charge in [0.2, 0.25) is 0 Å². The SMILES string of the molecule is O=C(O)C(F)(F)c1ccc(-n2cccn2)cc1. The fourth-order valence-electron chi connectivity index (χ4n) is 1.37. The molecule has 88 valence electrons. The van der Waals surface area contributed by atoms with Crippen LogP contribution in [0.3, 0.4) is 0 Å². The molecule has 0 bridgehead atoms. The molecule has 1 aromatic heterocycles. The van der Waals surface area contributed by atoms with Gasteiger partial charge in [0.25, 0.3) is 0 Å². The molecule has 0 aliphatic carbocycles. The molecule has 0 saturated carbocycles. The fraction of sp³-hybridized carbons (Fsp3) is 0.0909. The summed E-state index contributed by atoms with van der Waals surface area (Å²) in [6, 6.07) is 6.62.